The first-order chi connectivity index (χ1) is 15.0. The molecule has 1 amide bonds. The van der Waals surface area contributed by atoms with E-state index in [1.165, 1.54) is 0 Å². The van der Waals surface area contributed by atoms with Crippen LogP contribution >= 0.6 is 0 Å². The minimum atomic E-state index is -0.411. The number of carbonyl (C=O) groups is 1. The van der Waals surface area contributed by atoms with Crippen molar-refractivity contribution >= 4 is 27.9 Å². The fraction of sp³-hybridized carbons (Fsp3) is 0.292. The molecule has 0 spiro atoms. The van der Waals surface area contributed by atoms with E-state index in [9.17, 15) is 9.59 Å². The Balaban J connectivity index is 1.39. The summed E-state index contributed by atoms with van der Waals surface area (Å²) in [4.78, 5) is 29.4. The quantitative estimate of drug-likeness (QED) is 0.463. The molecule has 4 aromatic rings. The van der Waals surface area contributed by atoms with Crippen LogP contribution in [-0.4, -0.2) is 29.1 Å². The van der Waals surface area contributed by atoms with Crippen LogP contribution in [0, 0.1) is 13.8 Å². The molecule has 1 N–H and O–H groups in total. The molecule has 7 nitrogen and oxygen atoms in total. The number of nitrogens with zero attached hydrogens (tertiary/aromatic N) is 2. The Kier molecular flexibility index (Phi) is 5.75. The average molecular weight is 419 g/mol. The first-order valence-corrected chi connectivity index (χ1v) is 10.3. The van der Waals surface area contributed by atoms with Crippen LogP contribution < -0.4 is 15.7 Å². The lowest BCUT2D eigenvalue weighted by Crippen LogP contribution is -2.28. The number of rotatable bonds is 7. The SMILES string of the molecule is COc1ccc2c(C)c(CCC(=O)NCCn3c(C)nc4ccccc43)c(=O)oc2c1. The molecule has 0 saturated carbocycles. The summed E-state index contributed by atoms with van der Waals surface area (Å²) >= 11 is 0. The van der Waals surface area contributed by atoms with Crippen LogP contribution in [0.3, 0.4) is 0 Å². The number of hydrogen-bond donors (Lipinski definition) is 1. The summed E-state index contributed by atoms with van der Waals surface area (Å²) < 4.78 is 12.7. The summed E-state index contributed by atoms with van der Waals surface area (Å²) in [6.45, 7) is 4.97. The molecule has 31 heavy (non-hydrogen) atoms. The second kappa shape index (κ2) is 8.63. The molecule has 0 unspecified atom stereocenters. The van der Waals surface area contributed by atoms with Gasteiger partial charge in [-0.2, -0.15) is 0 Å². The highest BCUT2D eigenvalue weighted by Crippen LogP contribution is 2.24. The molecular weight excluding hydrogens is 394 g/mol. The lowest BCUT2D eigenvalue weighted by atomic mass is 10.0. The van der Waals surface area contributed by atoms with Crippen LogP contribution in [-0.2, 0) is 17.8 Å². The van der Waals surface area contributed by atoms with Gasteiger partial charge in [-0.05, 0) is 50.1 Å². The number of methoxy groups -OCH3 is 1. The van der Waals surface area contributed by atoms with Crippen LogP contribution in [0.1, 0.15) is 23.4 Å². The van der Waals surface area contributed by atoms with E-state index in [1.807, 2.05) is 50.2 Å². The molecule has 4 rings (SSSR count). The van der Waals surface area contributed by atoms with Crippen molar-refractivity contribution in [3.8, 4) is 5.75 Å². The number of hydrogen-bond acceptors (Lipinski definition) is 5. The molecule has 0 bridgehead atoms. The van der Waals surface area contributed by atoms with Crippen LogP contribution in [0.15, 0.2) is 51.7 Å². The Hall–Kier alpha value is -3.61. The predicted octanol–water partition coefficient (Wildman–Crippen LogP) is 3.52. The third-order valence-electron chi connectivity index (χ3n) is 5.60. The lowest BCUT2D eigenvalue weighted by Gasteiger charge is -2.10. The van der Waals surface area contributed by atoms with Gasteiger partial charge in [0.2, 0.25) is 5.91 Å². The van der Waals surface area contributed by atoms with Crippen LogP contribution in [0.5, 0.6) is 5.75 Å². The zero-order valence-electron chi connectivity index (χ0n) is 17.9. The number of carbonyl (C=O) groups excluding carboxylic acids is 1. The summed E-state index contributed by atoms with van der Waals surface area (Å²) in [6, 6.07) is 13.3. The number of imidazole rings is 1. The molecule has 2 aromatic carbocycles. The van der Waals surface area contributed by atoms with Gasteiger partial charge in [0.05, 0.1) is 18.1 Å². The van der Waals surface area contributed by atoms with Crippen molar-refractivity contribution in [3.63, 3.8) is 0 Å². The van der Waals surface area contributed by atoms with Gasteiger partial charge in [0.15, 0.2) is 0 Å². The molecule has 0 aliphatic heterocycles. The van der Waals surface area contributed by atoms with Gasteiger partial charge in [-0.1, -0.05) is 12.1 Å². The normalized spacial score (nSPS) is 11.2. The van der Waals surface area contributed by atoms with E-state index in [0.717, 1.165) is 27.8 Å². The zero-order valence-corrected chi connectivity index (χ0v) is 17.9. The molecule has 0 atom stereocenters. The van der Waals surface area contributed by atoms with Crippen molar-refractivity contribution in [2.24, 2.45) is 0 Å². The Bertz CT molecular complexity index is 1320. The number of nitrogens with one attached hydrogen (secondary N) is 1. The third kappa shape index (κ3) is 4.17. The maximum atomic E-state index is 12.4. The van der Waals surface area contributed by atoms with Crippen molar-refractivity contribution in [2.45, 2.75) is 33.2 Å². The van der Waals surface area contributed by atoms with E-state index < -0.39 is 5.63 Å². The summed E-state index contributed by atoms with van der Waals surface area (Å²) in [7, 11) is 1.57. The summed E-state index contributed by atoms with van der Waals surface area (Å²) in [5.74, 6) is 1.44. The molecule has 0 fully saturated rings. The lowest BCUT2D eigenvalue weighted by molar-refractivity contribution is -0.121. The van der Waals surface area contributed by atoms with Crippen molar-refractivity contribution < 1.29 is 13.9 Å². The number of fused-ring (bicyclic) bond motifs is 2. The van der Waals surface area contributed by atoms with Gasteiger partial charge in [0, 0.05) is 36.5 Å². The van der Waals surface area contributed by atoms with E-state index in [4.69, 9.17) is 9.15 Å². The standard InChI is InChI=1S/C24H25N3O4/c1-15-18-9-8-17(30-3)14-22(18)31-24(29)19(15)10-11-23(28)25-12-13-27-16(2)26-20-6-4-5-7-21(20)27/h4-9,14H,10-13H2,1-3H3,(H,25,28). The van der Waals surface area contributed by atoms with Crippen molar-refractivity contribution in [3.05, 3.63) is 69.8 Å². The Morgan fingerprint density at radius 1 is 1.19 bits per heavy atom. The molecular formula is C24H25N3O4. The minimum absolute atomic E-state index is 0.101. The monoisotopic (exact) mass is 419 g/mol. The van der Waals surface area contributed by atoms with Crippen LogP contribution in [0.25, 0.3) is 22.0 Å². The maximum absolute atomic E-state index is 12.4. The summed E-state index contributed by atoms with van der Waals surface area (Å²) in [5, 5.41) is 3.78. The van der Waals surface area contributed by atoms with E-state index in [2.05, 4.69) is 14.9 Å². The van der Waals surface area contributed by atoms with E-state index >= 15 is 0 Å². The van der Waals surface area contributed by atoms with Gasteiger partial charge >= 0.3 is 5.63 Å². The topological polar surface area (TPSA) is 86.4 Å². The fourth-order valence-corrected chi connectivity index (χ4v) is 3.90. The first-order valence-electron chi connectivity index (χ1n) is 10.3. The van der Waals surface area contributed by atoms with E-state index in [1.54, 1.807) is 13.2 Å². The number of aromatic nitrogens is 2. The molecule has 0 aliphatic carbocycles. The molecule has 7 heteroatoms. The first kappa shape index (κ1) is 20.7. The third-order valence-corrected chi connectivity index (χ3v) is 5.60. The number of para-hydroxylation sites is 2. The van der Waals surface area contributed by atoms with E-state index in [-0.39, 0.29) is 12.3 Å². The average Bonchev–Trinajstić information content (AvgIpc) is 3.08. The Labute approximate surface area is 179 Å². The number of aryl methyl sites for hydroxylation is 2. The largest absolute Gasteiger partial charge is 0.497 e. The number of benzene rings is 2. The van der Waals surface area contributed by atoms with Crippen molar-refractivity contribution in [1.82, 2.24) is 14.9 Å². The van der Waals surface area contributed by atoms with Gasteiger partial charge in [-0.25, -0.2) is 9.78 Å². The minimum Gasteiger partial charge on any atom is -0.497 e. The summed E-state index contributed by atoms with van der Waals surface area (Å²) in [5.41, 5.74) is 3.44. The van der Waals surface area contributed by atoms with Gasteiger partial charge < -0.3 is 19.0 Å². The molecule has 2 aromatic heterocycles. The number of ether oxygens (including phenoxy) is 1. The molecule has 0 aliphatic rings. The predicted molar refractivity (Wildman–Crippen MR) is 120 cm³/mol. The highest BCUT2D eigenvalue weighted by atomic mass is 16.5. The summed E-state index contributed by atoms with van der Waals surface area (Å²) in [6.07, 6.45) is 0.548. The van der Waals surface area contributed by atoms with Gasteiger partial charge in [0.25, 0.3) is 0 Å². The fourth-order valence-electron chi connectivity index (χ4n) is 3.90. The Morgan fingerprint density at radius 2 is 2.00 bits per heavy atom. The second-order valence-electron chi connectivity index (χ2n) is 7.50. The van der Waals surface area contributed by atoms with Gasteiger partial charge in [0.1, 0.15) is 17.2 Å². The Morgan fingerprint density at radius 3 is 2.81 bits per heavy atom. The van der Waals surface area contributed by atoms with Crippen molar-refractivity contribution in [1.29, 1.82) is 0 Å². The smallest absolute Gasteiger partial charge is 0.339 e. The highest BCUT2D eigenvalue weighted by molar-refractivity contribution is 5.83. The molecule has 0 saturated heterocycles. The highest BCUT2D eigenvalue weighted by Gasteiger charge is 2.14. The van der Waals surface area contributed by atoms with Crippen LogP contribution in [0.2, 0.25) is 0 Å². The molecule has 160 valence electrons. The number of amides is 1. The van der Waals surface area contributed by atoms with Gasteiger partial charge in [-0.15, -0.1) is 0 Å². The zero-order chi connectivity index (χ0) is 22.0. The van der Waals surface area contributed by atoms with Crippen LogP contribution in [0.4, 0.5) is 0 Å². The molecule has 2 heterocycles. The molecule has 0 radical (unpaired) electrons. The van der Waals surface area contributed by atoms with E-state index in [0.29, 0.717) is 36.4 Å². The van der Waals surface area contributed by atoms with Gasteiger partial charge in [-0.3, -0.25) is 4.79 Å². The maximum Gasteiger partial charge on any atom is 0.339 e. The van der Waals surface area contributed by atoms with Crippen molar-refractivity contribution in [2.75, 3.05) is 13.7 Å². The second-order valence-corrected chi connectivity index (χ2v) is 7.50.